The summed E-state index contributed by atoms with van der Waals surface area (Å²) in [7, 11) is 0. The van der Waals surface area contributed by atoms with Crippen molar-refractivity contribution >= 4 is 17.7 Å². The van der Waals surface area contributed by atoms with E-state index in [0.717, 1.165) is 26.2 Å². The van der Waals surface area contributed by atoms with Crippen molar-refractivity contribution in [3.63, 3.8) is 0 Å². The first kappa shape index (κ1) is 17.4. The molecule has 3 nitrogen and oxygen atoms in total. The minimum atomic E-state index is 0.0862. The minimum Gasteiger partial charge on any atom is -0.356 e. The largest absolute Gasteiger partial charge is 0.356 e. The van der Waals surface area contributed by atoms with Gasteiger partial charge in [-0.1, -0.05) is 32.0 Å². The number of carbonyl (C=O) groups excluding carboxylic acids is 1. The Morgan fingerprint density at radius 3 is 2.64 bits per heavy atom. The lowest BCUT2D eigenvalue weighted by Crippen LogP contribution is -2.39. The first-order chi connectivity index (χ1) is 10.6. The van der Waals surface area contributed by atoms with Gasteiger partial charge < -0.3 is 5.32 Å². The van der Waals surface area contributed by atoms with Crippen LogP contribution in [-0.2, 0) is 11.3 Å². The predicted octanol–water partition coefficient (Wildman–Crippen LogP) is 3.39. The van der Waals surface area contributed by atoms with E-state index >= 15 is 0 Å². The molecule has 1 N–H and O–H groups in total. The second kappa shape index (κ2) is 8.59. The van der Waals surface area contributed by atoms with E-state index in [4.69, 9.17) is 0 Å². The molecule has 4 heteroatoms. The molecule has 1 fully saturated rings. The molecule has 0 atom stereocenters. The summed E-state index contributed by atoms with van der Waals surface area (Å²) < 4.78 is 0. The van der Waals surface area contributed by atoms with E-state index in [-0.39, 0.29) is 11.8 Å². The number of amides is 1. The summed E-state index contributed by atoms with van der Waals surface area (Å²) in [5, 5.41) is 3.07. The Morgan fingerprint density at radius 2 is 2.00 bits per heavy atom. The highest BCUT2D eigenvalue weighted by molar-refractivity contribution is 7.98. The second-order valence-corrected chi connectivity index (χ2v) is 7.28. The van der Waals surface area contributed by atoms with Crippen molar-refractivity contribution in [2.45, 2.75) is 38.1 Å². The average Bonchev–Trinajstić information content (AvgIpc) is 2.54. The highest BCUT2D eigenvalue weighted by atomic mass is 32.2. The number of rotatable bonds is 6. The van der Waals surface area contributed by atoms with Crippen LogP contribution in [0, 0.1) is 11.8 Å². The fourth-order valence-corrected chi connectivity index (χ4v) is 3.48. The summed E-state index contributed by atoms with van der Waals surface area (Å²) in [5.41, 5.74) is 1.43. The van der Waals surface area contributed by atoms with Gasteiger partial charge in [-0.25, -0.2) is 0 Å². The fourth-order valence-electron chi connectivity index (χ4n) is 2.87. The summed E-state index contributed by atoms with van der Waals surface area (Å²) in [5.74, 6) is 0.897. The maximum absolute atomic E-state index is 11.6. The minimum absolute atomic E-state index is 0.0862. The zero-order valence-corrected chi connectivity index (χ0v) is 14.8. The number of likely N-dealkylation sites (tertiary alicyclic amines) is 1. The summed E-state index contributed by atoms with van der Waals surface area (Å²) in [6.07, 6.45) is 4.50. The van der Waals surface area contributed by atoms with Gasteiger partial charge in [0.25, 0.3) is 0 Å². The number of hydrogen-bond donors (Lipinski definition) is 1. The molecule has 22 heavy (non-hydrogen) atoms. The fraction of sp³-hybridized carbons (Fsp3) is 0.611. The van der Waals surface area contributed by atoms with E-state index in [1.165, 1.54) is 23.3 Å². The van der Waals surface area contributed by atoms with Crippen molar-refractivity contribution in [3.8, 4) is 0 Å². The molecule has 1 saturated heterocycles. The van der Waals surface area contributed by atoms with Gasteiger partial charge in [0.2, 0.25) is 5.91 Å². The van der Waals surface area contributed by atoms with Gasteiger partial charge in [-0.05, 0) is 49.7 Å². The maximum Gasteiger partial charge on any atom is 0.222 e. The molecule has 0 unspecified atom stereocenters. The molecular formula is C18H28N2OS. The van der Waals surface area contributed by atoms with Crippen LogP contribution in [0.15, 0.2) is 29.2 Å². The molecule has 0 aliphatic carbocycles. The van der Waals surface area contributed by atoms with Gasteiger partial charge in [0.05, 0.1) is 0 Å². The Kier molecular flexibility index (Phi) is 6.77. The molecule has 1 heterocycles. The van der Waals surface area contributed by atoms with Crippen LogP contribution < -0.4 is 5.32 Å². The third-order valence-electron chi connectivity index (χ3n) is 4.38. The van der Waals surface area contributed by atoms with Crippen molar-refractivity contribution in [1.82, 2.24) is 10.2 Å². The Morgan fingerprint density at radius 1 is 1.32 bits per heavy atom. The number of hydrogen-bond acceptors (Lipinski definition) is 3. The number of carbonyl (C=O) groups is 1. The lowest BCUT2D eigenvalue weighted by Gasteiger charge is -2.32. The van der Waals surface area contributed by atoms with E-state index in [2.05, 4.69) is 40.7 Å². The molecule has 0 aromatic heterocycles. The van der Waals surface area contributed by atoms with Gasteiger partial charge in [0.15, 0.2) is 0 Å². The highest BCUT2D eigenvalue weighted by Gasteiger charge is 2.20. The lowest BCUT2D eigenvalue weighted by atomic mass is 9.96. The monoisotopic (exact) mass is 320 g/mol. The maximum atomic E-state index is 11.6. The Balaban J connectivity index is 1.76. The third-order valence-corrected chi connectivity index (χ3v) is 5.22. The van der Waals surface area contributed by atoms with Crippen LogP contribution in [0.25, 0.3) is 0 Å². The summed E-state index contributed by atoms with van der Waals surface area (Å²) >= 11 is 1.82. The number of piperidine rings is 1. The van der Waals surface area contributed by atoms with E-state index < -0.39 is 0 Å². The van der Waals surface area contributed by atoms with Crippen LogP contribution in [0.2, 0.25) is 0 Å². The summed E-state index contributed by atoms with van der Waals surface area (Å²) in [6, 6.07) is 8.68. The van der Waals surface area contributed by atoms with Gasteiger partial charge in [0.1, 0.15) is 0 Å². The Bertz CT molecular complexity index is 482. The molecule has 1 aromatic rings. The van der Waals surface area contributed by atoms with E-state index in [1.807, 2.05) is 25.6 Å². The van der Waals surface area contributed by atoms with Crippen LogP contribution >= 0.6 is 11.8 Å². The van der Waals surface area contributed by atoms with Crippen LogP contribution in [0.4, 0.5) is 0 Å². The van der Waals surface area contributed by atoms with Gasteiger partial charge in [-0.15, -0.1) is 11.8 Å². The Hall–Kier alpha value is -1.00. The number of nitrogens with zero attached hydrogens (tertiary/aromatic N) is 1. The Labute approximate surface area is 138 Å². The smallest absolute Gasteiger partial charge is 0.222 e. The zero-order valence-electron chi connectivity index (χ0n) is 14.0. The molecule has 122 valence electrons. The summed E-state index contributed by atoms with van der Waals surface area (Å²) in [4.78, 5) is 15.6. The molecule has 1 aliphatic rings. The average molecular weight is 321 g/mol. The SMILES string of the molecule is CSc1ccccc1CN1CCC(CNC(=O)C(C)C)CC1. The van der Waals surface area contributed by atoms with Crippen molar-refractivity contribution in [2.24, 2.45) is 11.8 Å². The van der Waals surface area contributed by atoms with Gasteiger partial charge >= 0.3 is 0 Å². The van der Waals surface area contributed by atoms with Crippen LogP contribution in [0.5, 0.6) is 0 Å². The third kappa shape index (κ3) is 5.03. The van der Waals surface area contributed by atoms with Crippen LogP contribution in [0.1, 0.15) is 32.3 Å². The first-order valence-corrected chi connectivity index (χ1v) is 9.44. The van der Waals surface area contributed by atoms with Gasteiger partial charge in [0, 0.05) is 23.9 Å². The zero-order chi connectivity index (χ0) is 15.9. The van der Waals surface area contributed by atoms with Crippen molar-refractivity contribution in [1.29, 1.82) is 0 Å². The lowest BCUT2D eigenvalue weighted by molar-refractivity contribution is -0.124. The summed E-state index contributed by atoms with van der Waals surface area (Å²) in [6.45, 7) is 8.03. The molecule has 1 amide bonds. The number of nitrogens with one attached hydrogen (secondary N) is 1. The molecule has 0 radical (unpaired) electrons. The topological polar surface area (TPSA) is 32.3 Å². The second-order valence-electron chi connectivity index (χ2n) is 6.43. The number of thioether (sulfide) groups is 1. The standard InChI is InChI=1S/C18H28N2OS/c1-14(2)18(21)19-12-15-8-10-20(11-9-15)13-16-6-4-5-7-17(16)22-3/h4-7,14-15H,8-13H2,1-3H3,(H,19,21). The predicted molar refractivity (Wildman–Crippen MR) is 94.1 cm³/mol. The van der Waals surface area contributed by atoms with E-state index in [0.29, 0.717) is 5.92 Å². The molecule has 2 rings (SSSR count). The van der Waals surface area contributed by atoms with Gasteiger partial charge in [-0.3, -0.25) is 9.69 Å². The quantitative estimate of drug-likeness (QED) is 0.816. The van der Waals surface area contributed by atoms with Crippen molar-refractivity contribution in [2.75, 3.05) is 25.9 Å². The van der Waals surface area contributed by atoms with Crippen LogP contribution in [0.3, 0.4) is 0 Å². The van der Waals surface area contributed by atoms with Gasteiger partial charge in [-0.2, -0.15) is 0 Å². The van der Waals surface area contributed by atoms with E-state index in [9.17, 15) is 4.79 Å². The van der Waals surface area contributed by atoms with E-state index in [1.54, 1.807) is 0 Å². The van der Waals surface area contributed by atoms with Crippen molar-refractivity contribution < 1.29 is 4.79 Å². The molecule has 0 bridgehead atoms. The molecule has 1 aromatic carbocycles. The molecule has 0 saturated carbocycles. The molecule has 0 spiro atoms. The van der Waals surface area contributed by atoms with Crippen LogP contribution in [-0.4, -0.2) is 36.7 Å². The normalized spacial score (nSPS) is 16.9. The first-order valence-electron chi connectivity index (χ1n) is 8.22. The molecule has 1 aliphatic heterocycles. The number of benzene rings is 1. The van der Waals surface area contributed by atoms with Crippen molar-refractivity contribution in [3.05, 3.63) is 29.8 Å². The molecular weight excluding hydrogens is 292 g/mol. The highest BCUT2D eigenvalue weighted by Crippen LogP contribution is 2.24.